The van der Waals surface area contributed by atoms with Crippen LogP contribution in [0.3, 0.4) is 0 Å². The summed E-state index contributed by atoms with van der Waals surface area (Å²) in [7, 11) is 0. The SMILES string of the molecule is C/C(=C/C(=O)N1CCCC1CN1CCCCC1)c1ccc(CC(C)C)cc1. The number of carbonyl (C=O) groups excluding carboxylic acids is 1. The summed E-state index contributed by atoms with van der Waals surface area (Å²) in [6, 6.07) is 9.11. The Hall–Kier alpha value is -1.61. The molecule has 0 radical (unpaired) electrons. The van der Waals surface area contributed by atoms with E-state index < -0.39 is 0 Å². The van der Waals surface area contributed by atoms with Gasteiger partial charge in [0, 0.05) is 25.2 Å². The number of hydrogen-bond donors (Lipinski definition) is 0. The molecular formula is C24H36N2O. The van der Waals surface area contributed by atoms with E-state index in [1.54, 1.807) is 0 Å². The fourth-order valence-electron chi connectivity index (χ4n) is 4.48. The summed E-state index contributed by atoms with van der Waals surface area (Å²) in [5, 5.41) is 0. The van der Waals surface area contributed by atoms with Crippen molar-refractivity contribution in [3.8, 4) is 0 Å². The highest BCUT2D eigenvalue weighted by atomic mass is 16.2. The van der Waals surface area contributed by atoms with Crippen LogP contribution in [0, 0.1) is 5.92 Å². The Kier molecular flexibility index (Phi) is 7.12. The number of benzene rings is 1. The van der Waals surface area contributed by atoms with E-state index in [0.717, 1.165) is 43.5 Å². The summed E-state index contributed by atoms with van der Waals surface area (Å²) in [6.07, 6.45) is 9.24. The Morgan fingerprint density at radius 3 is 2.44 bits per heavy atom. The number of allylic oxidation sites excluding steroid dienone is 1. The molecule has 2 aliphatic rings. The fraction of sp³-hybridized carbons (Fsp3) is 0.625. The van der Waals surface area contributed by atoms with Gasteiger partial charge in [0.2, 0.25) is 5.91 Å². The summed E-state index contributed by atoms with van der Waals surface area (Å²) < 4.78 is 0. The van der Waals surface area contributed by atoms with Crippen molar-refractivity contribution in [3.63, 3.8) is 0 Å². The third-order valence-corrected chi connectivity index (χ3v) is 5.97. The minimum absolute atomic E-state index is 0.193. The van der Waals surface area contributed by atoms with Crippen molar-refractivity contribution in [3.05, 3.63) is 41.5 Å². The van der Waals surface area contributed by atoms with Gasteiger partial charge in [-0.2, -0.15) is 0 Å². The topological polar surface area (TPSA) is 23.6 Å². The van der Waals surface area contributed by atoms with E-state index in [9.17, 15) is 4.79 Å². The standard InChI is InChI=1S/C24H36N2O/c1-19(2)16-21-9-11-22(12-10-21)20(3)17-24(27)26-15-7-8-23(26)18-25-13-5-4-6-14-25/h9-12,17,19,23H,4-8,13-16,18H2,1-3H3/b20-17-. The highest BCUT2D eigenvalue weighted by Crippen LogP contribution is 2.22. The average Bonchev–Trinajstić information content (AvgIpc) is 3.11. The molecule has 0 saturated carbocycles. The lowest BCUT2D eigenvalue weighted by Crippen LogP contribution is -2.44. The molecule has 3 rings (SSSR count). The van der Waals surface area contributed by atoms with Gasteiger partial charge in [0.15, 0.2) is 0 Å². The second-order valence-corrected chi connectivity index (χ2v) is 8.81. The summed E-state index contributed by atoms with van der Waals surface area (Å²) in [5.41, 5.74) is 3.59. The monoisotopic (exact) mass is 368 g/mol. The summed E-state index contributed by atoms with van der Waals surface area (Å²) in [6.45, 7) is 10.9. The van der Waals surface area contributed by atoms with E-state index in [1.807, 2.05) is 6.08 Å². The van der Waals surface area contributed by atoms with Gasteiger partial charge in [-0.15, -0.1) is 0 Å². The van der Waals surface area contributed by atoms with E-state index in [0.29, 0.717) is 12.0 Å². The van der Waals surface area contributed by atoms with Crippen molar-refractivity contribution in [1.82, 2.24) is 9.80 Å². The predicted molar refractivity (Wildman–Crippen MR) is 114 cm³/mol. The van der Waals surface area contributed by atoms with Crippen molar-refractivity contribution < 1.29 is 4.79 Å². The van der Waals surface area contributed by atoms with E-state index in [2.05, 4.69) is 54.8 Å². The first-order valence-electron chi connectivity index (χ1n) is 10.8. The quantitative estimate of drug-likeness (QED) is 0.676. The molecule has 0 N–H and O–H groups in total. The molecule has 1 unspecified atom stereocenters. The van der Waals surface area contributed by atoms with Gasteiger partial charge in [0.1, 0.15) is 0 Å². The van der Waals surface area contributed by atoms with Crippen LogP contribution >= 0.6 is 0 Å². The predicted octanol–water partition coefficient (Wildman–Crippen LogP) is 4.77. The summed E-state index contributed by atoms with van der Waals surface area (Å²) in [5.74, 6) is 0.860. The van der Waals surface area contributed by atoms with Crippen LogP contribution in [0.1, 0.15) is 64.0 Å². The largest absolute Gasteiger partial charge is 0.335 e. The highest BCUT2D eigenvalue weighted by Gasteiger charge is 2.29. The minimum Gasteiger partial charge on any atom is -0.335 e. The molecule has 27 heavy (non-hydrogen) atoms. The smallest absolute Gasteiger partial charge is 0.247 e. The van der Waals surface area contributed by atoms with Crippen LogP contribution in [0.25, 0.3) is 5.57 Å². The minimum atomic E-state index is 0.193. The number of amides is 1. The average molecular weight is 369 g/mol. The summed E-state index contributed by atoms with van der Waals surface area (Å²) >= 11 is 0. The normalized spacial score (nSPS) is 21.9. The number of hydrogen-bond acceptors (Lipinski definition) is 2. The number of rotatable bonds is 6. The van der Waals surface area contributed by atoms with Gasteiger partial charge in [0.05, 0.1) is 0 Å². The maximum Gasteiger partial charge on any atom is 0.247 e. The Morgan fingerprint density at radius 2 is 1.78 bits per heavy atom. The van der Waals surface area contributed by atoms with Crippen LogP contribution in [0.5, 0.6) is 0 Å². The van der Waals surface area contributed by atoms with Crippen LogP contribution < -0.4 is 0 Å². The summed E-state index contributed by atoms with van der Waals surface area (Å²) in [4.78, 5) is 17.6. The molecule has 2 saturated heterocycles. The molecule has 1 amide bonds. The maximum atomic E-state index is 12.9. The molecule has 1 aromatic carbocycles. The molecule has 0 aromatic heterocycles. The molecule has 2 aliphatic heterocycles. The van der Waals surface area contributed by atoms with Crippen LogP contribution in [0.4, 0.5) is 0 Å². The van der Waals surface area contributed by atoms with Crippen molar-refractivity contribution in [2.75, 3.05) is 26.2 Å². The highest BCUT2D eigenvalue weighted by molar-refractivity contribution is 5.95. The molecule has 0 spiro atoms. The first-order valence-corrected chi connectivity index (χ1v) is 10.8. The number of carbonyl (C=O) groups is 1. The van der Waals surface area contributed by atoms with Crippen LogP contribution in [-0.4, -0.2) is 47.9 Å². The lowest BCUT2D eigenvalue weighted by molar-refractivity contribution is -0.127. The molecule has 0 bridgehead atoms. The van der Waals surface area contributed by atoms with Crippen LogP contribution in [-0.2, 0) is 11.2 Å². The molecule has 3 nitrogen and oxygen atoms in total. The number of piperidine rings is 1. The van der Waals surface area contributed by atoms with Gasteiger partial charge in [-0.05, 0) is 74.7 Å². The number of nitrogens with zero attached hydrogens (tertiary/aromatic N) is 2. The first-order chi connectivity index (χ1) is 13.0. The number of likely N-dealkylation sites (tertiary alicyclic amines) is 2. The molecule has 2 heterocycles. The van der Waals surface area contributed by atoms with Crippen LogP contribution in [0.2, 0.25) is 0 Å². The van der Waals surface area contributed by atoms with Crippen molar-refractivity contribution >= 4 is 11.5 Å². The van der Waals surface area contributed by atoms with E-state index in [-0.39, 0.29) is 5.91 Å². The van der Waals surface area contributed by atoms with E-state index in [1.165, 1.54) is 37.9 Å². The Labute approximate surface area is 165 Å². The molecule has 1 atom stereocenters. The molecule has 148 valence electrons. The second kappa shape index (κ2) is 9.54. The molecular weight excluding hydrogens is 332 g/mol. The van der Waals surface area contributed by atoms with Gasteiger partial charge >= 0.3 is 0 Å². The van der Waals surface area contributed by atoms with Gasteiger partial charge in [0.25, 0.3) is 0 Å². The van der Waals surface area contributed by atoms with Crippen molar-refractivity contribution in [2.24, 2.45) is 5.92 Å². The van der Waals surface area contributed by atoms with E-state index >= 15 is 0 Å². The second-order valence-electron chi connectivity index (χ2n) is 8.81. The zero-order chi connectivity index (χ0) is 19.2. The van der Waals surface area contributed by atoms with Gasteiger partial charge < -0.3 is 9.80 Å². The Balaban J connectivity index is 1.61. The van der Waals surface area contributed by atoms with Crippen molar-refractivity contribution in [1.29, 1.82) is 0 Å². The maximum absolute atomic E-state index is 12.9. The molecule has 0 aliphatic carbocycles. The van der Waals surface area contributed by atoms with Gasteiger partial charge in [-0.3, -0.25) is 4.79 Å². The Bertz CT molecular complexity index is 641. The zero-order valence-corrected chi connectivity index (χ0v) is 17.4. The van der Waals surface area contributed by atoms with E-state index in [4.69, 9.17) is 0 Å². The van der Waals surface area contributed by atoms with Gasteiger partial charge in [-0.25, -0.2) is 0 Å². The van der Waals surface area contributed by atoms with Crippen LogP contribution in [0.15, 0.2) is 30.3 Å². The molecule has 2 fully saturated rings. The zero-order valence-electron chi connectivity index (χ0n) is 17.4. The lowest BCUT2D eigenvalue weighted by atomic mass is 9.99. The van der Waals surface area contributed by atoms with Gasteiger partial charge in [-0.1, -0.05) is 44.5 Å². The Morgan fingerprint density at radius 1 is 1.07 bits per heavy atom. The fourth-order valence-corrected chi connectivity index (χ4v) is 4.48. The third-order valence-electron chi connectivity index (χ3n) is 5.97. The lowest BCUT2D eigenvalue weighted by Gasteiger charge is -2.32. The third kappa shape index (κ3) is 5.68. The molecule has 3 heteroatoms. The van der Waals surface area contributed by atoms with Crippen molar-refractivity contribution in [2.45, 2.75) is 65.3 Å². The molecule has 1 aromatic rings. The first kappa shape index (κ1) is 20.1.